The topological polar surface area (TPSA) is 78.5 Å². The number of halogens is 3. The standard InChI is InChI=1S/C18H14Cl2FN3O3/c1-18(10-2-5-12(21)6-3-10)16(26)24(17(27)23-18)9-15(25)22-14-7-4-11(19)8-13(14)20/h2-8H,9H2,1H3,(H,22,25)(H,23,27). The zero-order valence-electron chi connectivity index (χ0n) is 14.1. The normalized spacial score (nSPS) is 19.2. The lowest BCUT2D eigenvalue weighted by Crippen LogP contribution is -2.42. The van der Waals surface area contributed by atoms with Crippen molar-refractivity contribution in [2.24, 2.45) is 0 Å². The van der Waals surface area contributed by atoms with Crippen molar-refractivity contribution in [2.45, 2.75) is 12.5 Å². The van der Waals surface area contributed by atoms with Crippen LogP contribution in [0.25, 0.3) is 0 Å². The van der Waals surface area contributed by atoms with E-state index in [2.05, 4.69) is 10.6 Å². The number of urea groups is 1. The van der Waals surface area contributed by atoms with Gasteiger partial charge in [-0.3, -0.25) is 14.5 Å². The van der Waals surface area contributed by atoms with Crippen LogP contribution >= 0.6 is 23.2 Å². The highest BCUT2D eigenvalue weighted by Crippen LogP contribution is 2.29. The van der Waals surface area contributed by atoms with Gasteiger partial charge in [0.05, 0.1) is 10.7 Å². The number of anilines is 1. The van der Waals surface area contributed by atoms with E-state index in [-0.39, 0.29) is 5.02 Å². The highest BCUT2D eigenvalue weighted by molar-refractivity contribution is 6.36. The van der Waals surface area contributed by atoms with Crippen LogP contribution < -0.4 is 10.6 Å². The summed E-state index contributed by atoms with van der Waals surface area (Å²) in [6.07, 6.45) is 0. The van der Waals surface area contributed by atoms with Gasteiger partial charge in [0.1, 0.15) is 17.9 Å². The van der Waals surface area contributed by atoms with E-state index in [0.29, 0.717) is 16.3 Å². The minimum atomic E-state index is -1.39. The summed E-state index contributed by atoms with van der Waals surface area (Å²) in [5.74, 6) is -1.68. The molecule has 9 heteroatoms. The molecule has 0 spiro atoms. The number of nitrogens with zero attached hydrogens (tertiary/aromatic N) is 1. The third-order valence-corrected chi connectivity index (χ3v) is 4.75. The van der Waals surface area contributed by atoms with Crippen molar-refractivity contribution < 1.29 is 18.8 Å². The maximum Gasteiger partial charge on any atom is 0.325 e. The number of hydrogen-bond acceptors (Lipinski definition) is 3. The predicted octanol–water partition coefficient (Wildman–Crippen LogP) is 3.54. The number of imide groups is 1. The van der Waals surface area contributed by atoms with Crippen LogP contribution in [-0.2, 0) is 15.1 Å². The number of carbonyl (C=O) groups excluding carboxylic acids is 3. The molecule has 3 rings (SSSR count). The van der Waals surface area contributed by atoms with Crippen molar-refractivity contribution in [1.82, 2.24) is 10.2 Å². The van der Waals surface area contributed by atoms with E-state index in [1.165, 1.54) is 43.3 Å². The van der Waals surface area contributed by atoms with Crippen molar-refractivity contribution in [3.63, 3.8) is 0 Å². The highest BCUT2D eigenvalue weighted by Gasteiger charge is 2.49. The SMILES string of the molecule is CC1(c2ccc(F)cc2)NC(=O)N(CC(=O)Nc2ccc(Cl)cc2Cl)C1=O. The summed E-state index contributed by atoms with van der Waals surface area (Å²) >= 11 is 11.8. The lowest BCUT2D eigenvalue weighted by Gasteiger charge is -2.22. The first-order valence-electron chi connectivity index (χ1n) is 7.86. The number of rotatable bonds is 4. The quantitative estimate of drug-likeness (QED) is 0.757. The molecule has 4 amide bonds. The van der Waals surface area contributed by atoms with Crippen molar-refractivity contribution in [3.8, 4) is 0 Å². The van der Waals surface area contributed by atoms with Gasteiger partial charge in [0.2, 0.25) is 5.91 Å². The Hall–Kier alpha value is -2.64. The van der Waals surface area contributed by atoms with Gasteiger partial charge < -0.3 is 10.6 Å². The van der Waals surface area contributed by atoms with Crippen LogP contribution in [0.3, 0.4) is 0 Å². The number of nitrogens with one attached hydrogen (secondary N) is 2. The Morgan fingerprint density at radius 3 is 2.48 bits per heavy atom. The number of hydrogen-bond donors (Lipinski definition) is 2. The molecule has 2 aromatic carbocycles. The van der Waals surface area contributed by atoms with Gasteiger partial charge in [0.15, 0.2) is 0 Å². The molecular formula is C18H14Cl2FN3O3. The Morgan fingerprint density at radius 2 is 1.85 bits per heavy atom. The molecule has 1 fully saturated rings. The molecule has 2 N–H and O–H groups in total. The van der Waals surface area contributed by atoms with Crippen LogP contribution in [0.15, 0.2) is 42.5 Å². The molecular weight excluding hydrogens is 396 g/mol. The van der Waals surface area contributed by atoms with E-state index in [4.69, 9.17) is 23.2 Å². The fourth-order valence-corrected chi connectivity index (χ4v) is 3.20. The number of carbonyl (C=O) groups is 3. The van der Waals surface area contributed by atoms with E-state index in [1.807, 2.05) is 0 Å². The van der Waals surface area contributed by atoms with Gasteiger partial charge in [-0.15, -0.1) is 0 Å². The Bertz CT molecular complexity index is 936. The molecule has 0 aromatic heterocycles. The van der Waals surface area contributed by atoms with E-state index in [9.17, 15) is 18.8 Å². The maximum absolute atomic E-state index is 13.1. The second-order valence-electron chi connectivity index (χ2n) is 6.13. The molecule has 0 bridgehead atoms. The summed E-state index contributed by atoms with van der Waals surface area (Å²) in [5, 5.41) is 5.70. The molecule has 0 aliphatic carbocycles. The molecule has 6 nitrogen and oxygen atoms in total. The van der Waals surface area contributed by atoms with Gasteiger partial charge in [-0.05, 0) is 42.8 Å². The fraction of sp³-hybridized carbons (Fsp3) is 0.167. The van der Waals surface area contributed by atoms with Crippen LogP contribution in [0, 0.1) is 5.82 Å². The Kier molecular flexibility index (Phi) is 5.08. The summed E-state index contributed by atoms with van der Waals surface area (Å²) in [6, 6.07) is 8.99. The van der Waals surface area contributed by atoms with Crippen molar-refractivity contribution in [3.05, 3.63) is 63.9 Å². The van der Waals surface area contributed by atoms with Crippen LogP contribution in [0.1, 0.15) is 12.5 Å². The molecule has 1 unspecified atom stereocenters. The van der Waals surface area contributed by atoms with Crippen molar-refractivity contribution in [2.75, 3.05) is 11.9 Å². The summed E-state index contributed by atoms with van der Waals surface area (Å²) in [5.41, 5.74) is -0.673. The van der Waals surface area contributed by atoms with Crippen molar-refractivity contribution >= 4 is 46.7 Å². The summed E-state index contributed by atoms with van der Waals surface area (Å²) in [6.45, 7) is 0.995. The number of amides is 4. The lowest BCUT2D eigenvalue weighted by atomic mass is 9.92. The average molecular weight is 410 g/mol. The Labute approximate surface area is 164 Å². The molecule has 1 aliphatic heterocycles. The van der Waals surface area contributed by atoms with Crippen LogP contribution in [0.5, 0.6) is 0 Å². The highest BCUT2D eigenvalue weighted by atomic mass is 35.5. The largest absolute Gasteiger partial charge is 0.325 e. The van der Waals surface area contributed by atoms with Gasteiger partial charge in [0, 0.05) is 5.02 Å². The van der Waals surface area contributed by atoms with Crippen molar-refractivity contribution in [1.29, 1.82) is 0 Å². The van der Waals surface area contributed by atoms with E-state index in [0.717, 1.165) is 4.90 Å². The summed E-state index contributed by atoms with van der Waals surface area (Å²) < 4.78 is 13.1. The molecule has 2 aromatic rings. The Morgan fingerprint density at radius 1 is 1.19 bits per heavy atom. The molecule has 1 atom stereocenters. The van der Waals surface area contributed by atoms with Gasteiger partial charge in [-0.2, -0.15) is 0 Å². The van der Waals surface area contributed by atoms with E-state index < -0.39 is 35.7 Å². The minimum absolute atomic E-state index is 0.226. The second kappa shape index (κ2) is 7.17. The first kappa shape index (κ1) is 19.1. The Balaban J connectivity index is 1.75. The van der Waals surface area contributed by atoms with Gasteiger partial charge in [-0.1, -0.05) is 35.3 Å². The third-order valence-electron chi connectivity index (χ3n) is 4.20. The molecule has 140 valence electrons. The predicted molar refractivity (Wildman–Crippen MR) is 99.1 cm³/mol. The van der Waals surface area contributed by atoms with Crippen LogP contribution in [0.4, 0.5) is 14.9 Å². The molecule has 0 radical (unpaired) electrons. The molecule has 1 saturated heterocycles. The van der Waals surface area contributed by atoms with Gasteiger partial charge in [-0.25, -0.2) is 9.18 Å². The molecule has 1 heterocycles. The molecule has 0 saturated carbocycles. The summed E-state index contributed by atoms with van der Waals surface area (Å²) in [7, 11) is 0. The van der Waals surface area contributed by atoms with Crippen LogP contribution in [0.2, 0.25) is 10.0 Å². The maximum atomic E-state index is 13.1. The van der Waals surface area contributed by atoms with Gasteiger partial charge >= 0.3 is 6.03 Å². The molecule has 1 aliphatic rings. The lowest BCUT2D eigenvalue weighted by molar-refractivity contribution is -0.133. The van der Waals surface area contributed by atoms with E-state index >= 15 is 0 Å². The third kappa shape index (κ3) is 3.74. The monoisotopic (exact) mass is 409 g/mol. The van der Waals surface area contributed by atoms with E-state index in [1.54, 1.807) is 6.07 Å². The summed E-state index contributed by atoms with van der Waals surface area (Å²) in [4.78, 5) is 38.0. The average Bonchev–Trinajstić information content (AvgIpc) is 2.82. The zero-order valence-corrected chi connectivity index (χ0v) is 15.6. The van der Waals surface area contributed by atoms with Gasteiger partial charge in [0.25, 0.3) is 5.91 Å². The fourth-order valence-electron chi connectivity index (χ4n) is 2.74. The minimum Gasteiger partial charge on any atom is -0.323 e. The smallest absolute Gasteiger partial charge is 0.323 e. The zero-order chi connectivity index (χ0) is 19.8. The first-order chi connectivity index (χ1) is 12.7. The van der Waals surface area contributed by atoms with Crippen LogP contribution in [-0.4, -0.2) is 29.3 Å². The number of benzene rings is 2. The molecule has 27 heavy (non-hydrogen) atoms. The second-order valence-corrected chi connectivity index (χ2v) is 6.97. The first-order valence-corrected chi connectivity index (χ1v) is 8.61.